The van der Waals surface area contributed by atoms with Gasteiger partial charge in [0.05, 0.1) is 17.0 Å². The molecule has 0 fully saturated rings. The van der Waals surface area contributed by atoms with Crippen molar-refractivity contribution in [3.63, 3.8) is 0 Å². The Morgan fingerprint density at radius 3 is 2.21 bits per heavy atom. The molecule has 5 rings (SSSR count). The van der Waals surface area contributed by atoms with Crippen LogP contribution in [0.15, 0.2) is 56.2 Å². The van der Waals surface area contributed by atoms with Crippen LogP contribution in [0.3, 0.4) is 0 Å². The number of fused-ring (bicyclic) bond motifs is 2. The molecule has 4 aromatic rings. The molecule has 2 aromatic heterocycles. The van der Waals surface area contributed by atoms with Crippen LogP contribution in [-0.4, -0.2) is 11.1 Å². The third kappa shape index (κ3) is 3.28. The van der Waals surface area contributed by atoms with E-state index in [0.29, 0.717) is 28.1 Å². The van der Waals surface area contributed by atoms with E-state index in [2.05, 4.69) is 25.9 Å². The van der Waals surface area contributed by atoms with Crippen LogP contribution < -0.4 is 10.3 Å². The summed E-state index contributed by atoms with van der Waals surface area (Å²) < 4.78 is 11.3. The standard InChI is InChI=1S/C27H26N2O4/c1-14-11-19-20(12-15(14)2)32-25-22(24(19)30)23(17-7-9-18(10-8-17)27(4,5)6)29(26(25)31)21-13-16(3)33-28-21/h7-13,23H,1-6H3/t23-/m1/s1. The van der Waals surface area contributed by atoms with Crippen LogP contribution in [-0.2, 0) is 5.41 Å². The number of aromatic nitrogens is 1. The highest BCUT2D eigenvalue weighted by Crippen LogP contribution is 2.41. The van der Waals surface area contributed by atoms with Gasteiger partial charge in [-0.2, -0.15) is 0 Å². The molecule has 0 saturated heterocycles. The molecule has 33 heavy (non-hydrogen) atoms. The quantitative estimate of drug-likeness (QED) is 0.395. The summed E-state index contributed by atoms with van der Waals surface area (Å²) in [5.74, 6) is 0.581. The predicted octanol–water partition coefficient (Wildman–Crippen LogP) is 5.75. The van der Waals surface area contributed by atoms with Gasteiger partial charge in [-0.05, 0) is 60.6 Å². The van der Waals surface area contributed by atoms with Crippen LogP contribution >= 0.6 is 0 Å². The number of anilines is 1. The summed E-state index contributed by atoms with van der Waals surface area (Å²) in [6.07, 6.45) is 0. The SMILES string of the molecule is Cc1cc(N2C(=O)c3oc4cc(C)c(C)cc4c(=O)c3[C@H]2c2ccc(C(C)(C)C)cc2)no1. The molecule has 0 aliphatic carbocycles. The van der Waals surface area contributed by atoms with Crippen LogP contribution in [0.1, 0.15) is 70.9 Å². The number of hydrogen-bond acceptors (Lipinski definition) is 5. The number of amides is 1. The van der Waals surface area contributed by atoms with Gasteiger partial charge in [0.2, 0.25) is 5.76 Å². The van der Waals surface area contributed by atoms with Gasteiger partial charge in [0.25, 0.3) is 5.91 Å². The van der Waals surface area contributed by atoms with Crippen molar-refractivity contribution < 1.29 is 13.7 Å². The van der Waals surface area contributed by atoms with Crippen molar-refractivity contribution in [1.82, 2.24) is 5.16 Å². The zero-order chi connectivity index (χ0) is 23.7. The molecule has 0 radical (unpaired) electrons. The van der Waals surface area contributed by atoms with E-state index in [9.17, 15) is 9.59 Å². The first-order valence-corrected chi connectivity index (χ1v) is 11.0. The molecule has 2 aromatic carbocycles. The zero-order valence-electron chi connectivity index (χ0n) is 19.6. The van der Waals surface area contributed by atoms with E-state index >= 15 is 0 Å². The average molecular weight is 443 g/mol. The van der Waals surface area contributed by atoms with Crippen molar-refractivity contribution in [3.05, 3.63) is 92.0 Å². The molecular weight excluding hydrogens is 416 g/mol. The first-order valence-electron chi connectivity index (χ1n) is 11.0. The number of carbonyl (C=O) groups excluding carboxylic acids is 1. The Morgan fingerprint density at radius 1 is 0.939 bits per heavy atom. The van der Waals surface area contributed by atoms with E-state index in [1.807, 2.05) is 50.2 Å². The Labute approximate surface area is 191 Å². The minimum Gasteiger partial charge on any atom is -0.450 e. The third-order valence-electron chi connectivity index (χ3n) is 6.44. The van der Waals surface area contributed by atoms with E-state index in [0.717, 1.165) is 22.3 Å². The van der Waals surface area contributed by atoms with E-state index in [4.69, 9.17) is 8.94 Å². The molecule has 6 nitrogen and oxygen atoms in total. The number of benzene rings is 2. The van der Waals surface area contributed by atoms with Gasteiger partial charge in [-0.3, -0.25) is 14.5 Å². The minimum absolute atomic E-state index is 0.0184. The molecule has 0 N–H and O–H groups in total. The van der Waals surface area contributed by atoms with Crippen molar-refractivity contribution >= 4 is 22.7 Å². The molecular formula is C27H26N2O4. The van der Waals surface area contributed by atoms with Crippen molar-refractivity contribution in [2.45, 2.75) is 53.0 Å². The normalized spacial score (nSPS) is 16.0. The van der Waals surface area contributed by atoms with Gasteiger partial charge in [-0.25, -0.2) is 0 Å². The Morgan fingerprint density at radius 2 is 1.61 bits per heavy atom. The van der Waals surface area contributed by atoms with Crippen LogP contribution in [0.5, 0.6) is 0 Å². The number of nitrogens with zero attached hydrogens (tertiary/aromatic N) is 2. The second-order valence-corrected chi connectivity index (χ2v) is 9.85. The fourth-order valence-electron chi connectivity index (χ4n) is 4.41. The molecule has 1 aliphatic heterocycles. The fourth-order valence-corrected chi connectivity index (χ4v) is 4.41. The molecule has 1 atom stereocenters. The lowest BCUT2D eigenvalue weighted by molar-refractivity contribution is 0.0969. The molecule has 1 aliphatic rings. The van der Waals surface area contributed by atoms with Crippen molar-refractivity contribution in [2.75, 3.05) is 4.90 Å². The van der Waals surface area contributed by atoms with Crippen molar-refractivity contribution in [2.24, 2.45) is 0 Å². The lowest BCUT2D eigenvalue weighted by atomic mass is 9.86. The minimum atomic E-state index is -0.659. The van der Waals surface area contributed by atoms with Gasteiger partial charge in [0, 0.05) is 6.07 Å². The summed E-state index contributed by atoms with van der Waals surface area (Å²) in [6, 6.07) is 12.7. The van der Waals surface area contributed by atoms with E-state index < -0.39 is 11.9 Å². The Hall–Kier alpha value is -3.67. The Bertz CT molecular complexity index is 1470. The first-order chi connectivity index (χ1) is 15.6. The maximum atomic E-state index is 13.7. The summed E-state index contributed by atoms with van der Waals surface area (Å²) in [7, 11) is 0. The molecule has 0 saturated carbocycles. The Kier molecular flexibility index (Phi) is 4.60. The lowest BCUT2D eigenvalue weighted by Gasteiger charge is -2.24. The highest BCUT2D eigenvalue weighted by molar-refractivity contribution is 6.10. The fraction of sp³-hybridized carbons (Fsp3) is 0.296. The van der Waals surface area contributed by atoms with Crippen molar-refractivity contribution in [3.8, 4) is 0 Å². The molecule has 0 spiro atoms. The van der Waals surface area contributed by atoms with Crippen LogP contribution in [0.2, 0.25) is 0 Å². The van der Waals surface area contributed by atoms with Gasteiger partial charge < -0.3 is 8.94 Å². The largest absolute Gasteiger partial charge is 0.450 e. The molecule has 1 amide bonds. The van der Waals surface area contributed by atoms with Crippen LogP contribution in [0, 0.1) is 20.8 Å². The van der Waals surface area contributed by atoms with Gasteiger partial charge in [-0.1, -0.05) is 50.2 Å². The summed E-state index contributed by atoms with van der Waals surface area (Å²) in [6.45, 7) is 12.1. The maximum Gasteiger partial charge on any atom is 0.296 e. The van der Waals surface area contributed by atoms with E-state index in [1.54, 1.807) is 13.0 Å². The smallest absolute Gasteiger partial charge is 0.296 e. The zero-order valence-corrected chi connectivity index (χ0v) is 19.6. The topological polar surface area (TPSA) is 76.6 Å². The van der Waals surface area contributed by atoms with Crippen LogP contribution in [0.4, 0.5) is 5.82 Å². The number of aryl methyl sites for hydroxylation is 3. The molecule has 3 heterocycles. The summed E-state index contributed by atoms with van der Waals surface area (Å²) in [5, 5.41) is 4.55. The van der Waals surface area contributed by atoms with Gasteiger partial charge in [0.15, 0.2) is 11.2 Å². The highest BCUT2D eigenvalue weighted by atomic mass is 16.5. The first kappa shape index (κ1) is 21.2. The van der Waals surface area contributed by atoms with Gasteiger partial charge in [-0.15, -0.1) is 0 Å². The number of hydrogen-bond donors (Lipinski definition) is 0. The van der Waals surface area contributed by atoms with Crippen LogP contribution in [0.25, 0.3) is 11.0 Å². The third-order valence-corrected chi connectivity index (χ3v) is 6.44. The molecule has 6 heteroatoms. The van der Waals surface area contributed by atoms with Gasteiger partial charge in [0.1, 0.15) is 11.3 Å². The molecule has 0 bridgehead atoms. The van der Waals surface area contributed by atoms with Crippen molar-refractivity contribution in [1.29, 1.82) is 0 Å². The van der Waals surface area contributed by atoms with Gasteiger partial charge >= 0.3 is 0 Å². The summed E-state index contributed by atoms with van der Waals surface area (Å²) in [5.41, 5.74) is 4.49. The highest BCUT2D eigenvalue weighted by Gasteiger charge is 2.45. The van der Waals surface area contributed by atoms with E-state index in [-0.39, 0.29) is 16.6 Å². The monoisotopic (exact) mass is 442 g/mol. The second-order valence-electron chi connectivity index (χ2n) is 9.85. The lowest BCUT2D eigenvalue weighted by Crippen LogP contribution is -2.29. The predicted molar refractivity (Wildman–Crippen MR) is 127 cm³/mol. The molecule has 168 valence electrons. The summed E-state index contributed by atoms with van der Waals surface area (Å²) in [4.78, 5) is 28.8. The summed E-state index contributed by atoms with van der Waals surface area (Å²) >= 11 is 0. The number of carbonyl (C=O) groups is 1. The number of rotatable bonds is 2. The van der Waals surface area contributed by atoms with E-state index in [1.165, 1.54) is 4.90 Å². The Balaban J connectivity index is 1.78. The average Bonchev–Trinajstić information content (AvgIpc) is 3.30. The second kappa shape index (κ2) is 7.17. The molecule has 0 unspecified atom stereocenters. The maximum absolute atomic E-state index is 13.7.